The number of anilines is 1. The highest BCUT2D eigenvalue weighted by atomic mass is 35.5. The molecule has 3 rings (SSSR count). The van der Waals surface area contributed by atoms with E-state index in [1.54, 1.807) is 30.3 Å². The number of thiophene rings is 1. The van der Waals surface area contributed by atoms with Gasteiger partial charge in [-0.2, -0.15) is 5.10 Å². The van der Waals surface area contributed by atoms with Gasteiger partial charge in [-0.1, -0.05) is 23.7 Å². The summed E-state index contributed by atoms with van der Waals surface area (Å²) in [7, 11) is -3.68. The third-order valence-electron chi connectivity index (χ3n) is 2.63. The molecule has 108 valence electrons. The fourth-order valence-corrected chi connectivity index (χ4v) is 4.29. The highest BCUT2D eigenvalue weighted by Crippen LogP contribution is 2.28. The van der Waals surface area contributed by atoms with Gasteiger partial charge in [-0.3, -0.25) is 4.72 Å². The second-order valence-electron chi connectivity index (χ2n) is 4.02. The van der Waals surface area contributed by atoms with E-state index in [-0.39, 0.29) is 4.21 Å². The molecular weight excluding hydrogens is 332 g/mol. The molecule has 0 aliphatic heterocycles. The van der Waals surface area contributed by atoms with Crippen molar-refractivity contribution in [1.29, 1.82) is 0 Å². The SMILES string of the molecule is O=S(=O)(Nc1ccccc1-n1cncn1)c1ccc(Cl)s1. The summed E-state index contributed by atoms with van der Waals surface area (Å²) in [6.45, 7) is 0. The van der Waals surface area contributed by atoms with Gasteiger partial charge >= 0.3 is 0 Å². The average molecular weight is 341 g/mol. The molecule has 2 aromatic heterocycles. The van der Waals surface area contributed by atoms with Gasteiger partial charge in [-0.25, -0.2) is 18.1 Å². The van der Waals surface area contributed by atoms with Crippen molar-refractivity contribution in [2.24, 2.45) is 0 Å². The Morgan fingerprint density at radius 2 is 2.00 bits per heavy atom. The first-order chi connectivity index (χ1) is 10.1. The van der Waals surface area contributed by atoms with Crippen molar-refractivity contribution in [2.75, 3.05) is 4.72 Å². The smallest absolute Gasteiger partial charge is 0.271 e. The Bertz CT molecular complexity index is 859. The molecule has 0 atom stereocenters. The number of para-hydroxylation sites is 2. The maximum absolute atomic E-state index is 12.3. The van der Waals surface area contributed by atoms with Crippen LogP contribution in [0.25, 0.3) is 5.69 Å². The zero-order valence-electron chi connectivity index (χ0n) is 10.5. The van der Waals surface area contributed by atoms with Crippen molar-refractivity contribution in [3.05, 3.63) is 53.4 Å². The van der Waals surface area contributed by atoms with Gasteiger partial charge in [0.05, 0.1) is 15.7 Å². The van der Waals surface area contributed by atoms with Crippen molar-refractivity contribution in [3.8, 4) is 5.69 Å². The minimum atomic E-state index is -3.68. The standard InChI is InChI=1S/C12H9ClN4O2S2/c13-11-5-6-12(20-11)21(18,19)16-9-3-1-2-4-10(9)17-8-14-7-15-17/h1-8,16H. The molecule has 0 amide bonds. The van der Waals surface area contributed by atoms with Crippen molar-refractivity contribution >= 4 is 38.6 Å². The van der Waals surface area contributed by atoms with E-state index in [2.05, 4.69) is 14.8 Å². The molecule has 1 aromatic carbocycles. The van der Waals surface area contributed by atoms with E-state index in [9.17, 15) is 8.42 Å². The van der Waals surface area contributed by atoms with Gasteiger partial charge in [0.2, 0.25) is 0 Å². The first-order valence-electron chi connectivity index (χ1n) is 5.78. The lowest BCUT2D eigenvalue weighted by Gasteiger charge is -2.11. The third kappa shape index (κ3) is 2.92. The Morgan fingerprint density at radius 3 is 2.67 bits per heavy atom. The third-order valence-corrected chi connectivity index (χ3v) is 5.72. The summed E-state index contributed by atoms with van der Waals surface area (Å²) in [6.07, 6.45) is 2.87. The van der Waals surface area contributed by atoms with Crippen LogP contribution in [0.15, 0.2) is 53.3 Å². The summed E-state index contributed by atoms with van der Waals surface area (Å²) < 4.78 is 29.3. The Morgan fingerprint density at radius 1 is 1.19 bits per heavy atom. The summed E-state index contributed by atoms with van der Waals surface area (Å²) in [4.78, 5) is 3.86. The highest BCUT2D eigenvalue weighted by Gasteiger charge is 2.18. The maximum Gasteiger partial charge on any atom is 0.271 e. The van der Waals surface area contributed by atoms with Gasteiger partial charge in [0.25, 0.3) is 10.0 Å². The number of halogens is 1. The molecule has 2 heterocycles. The van der Waals surface area contributed by atoms with E-state index in [1.165, 1.54) is 23.4 Å². The molecule has 0 aliphatic carbocycles. The normalized spacial score (nSPS) is 11.5. The molecule has 21 heavy (non-hydrogen) atoms. The summed E-state index contributed by atoms with van der Waals surface area (Å²) in [5.41, 5.74) is 0.994. The van der Waals surface area contributed by atoms with Gasteiger partial charge in [0, 0.05) is 0 Å². The predicted octanol–water partition coefficient (Wildman–Crippen LogP) is 2.78. The molecule has 0 saturated carbocycles. The van der Waals surface area contributed by atoms with Gasteiger partial charge < -0.3 is 0 Å². The summed E-state index contributed by atoms with van der Waals surface area (Å²) in [6, 6.07) is 9.94. The van der Waals surface area contributed by atoms with Crippen LogP contribution in [-0.2, 0) is 10.0 Å². The van der Waals surface area contributed by atoms with Crippen LogP contribution in [0.2, 0.25) is 4.34 Å². The number of rotatable bonds is 4. The Labute approximate surface area is 130 Å². The maximum atomic E-state index is 12.3. The number of nitrogens with zero attached hydrogens (tertiary/aromatic N) is 3. The molecule has 0 saturated heterocycles. The number of hydrogen-bond acceptors (Lipinski definition) is 5. The Hall–Kier alpha value is -1.90. The van der Waals surface area contributed by atoms with Crippen LogP contribution in [-0.4, -0.2) is 23.2 Å². The average Bonchev–Trinajstić information content (AvgIpc) is 3.10. The lowest BCUT2D eigenvalue weighted by molar-refractivity contribution is 0.603. The van der Waals surface area contributed by atoms with Gasteiger partial charge in [0.1, 0.15) is 16.9 Å². The first-order valence-corrected chi connectivity index (χ1v) is 8.46. The lowest BCUT2D eigenvalue weighted by atomic mass is 10.3. The van der Waals surface area contributed by atoms with Crippen LogP contribution >= 0.6 is 22.9 Å². The van der Waals surface area contributed by atoms with Crippen LogP contribution in [0.5, 0.6) is 0 Å². The Kier molecular flexibility index (Phi) is 3.66. The van der Waals surface area contributed by atoms with E-state index >= 15 is 0 Å². The number of benzene rings is 1. The molecule has 9 heteroatoms. The van der Waals surface area contributed by atoms with E-state index in [0.29, 0.717) is 15.7 Å². The van der Waals surface area contributed by atoms with E-state index in [4.69, 9.17) is 11.6 Å². The Balaban J connectivity index is 1.99. The lowest BCUT2D eigenvalue weighted by Crippen LogP contribution is -2.13. The van der Waals surface area contributed by atoms with E-state index < -0.39 is 10.0 Å². The zero-order valence-corrected chi connectivity index (χ0v) is 12.9. The molecule has 0 unspecified atom stereocenters. The monoisotopic (exact) mass is 340 g/mol. The molecule has 0 bridgehead atoms. The van der Waals surface area contributed by atoms with Gasteiger partial charge in [-0.05, 0) is 24.3 Å². The number of nitrogens with one attached hydrogen (secondary N) is 1. The minimum absolute atomic E-state index is 0.154. The fraction of sp³-hybridized carbons (Fsp3) is 0. The van der Waals surface area contributed by atoms with E-state index in [0.717, 1.165) is 11.3 Å². The largest absolute Gasteiger partial charge is 0.277 e. The number of aromatic nitrogens is 3. The molecule has 6 nitrogen and oxygen atoms in total. The number of sulfonamides is 1. The second kappa shape index (κ2) is 5.47. The van der Waals surface area contributed by atoms with Crippen molar-refractivity contribution in [2.45, 2.75) is 4.21 Å². The molecule has 1 N–H and O–H groups in total. The number of hydrogen-bond donors (Lipinski definition) is 1. The van der Waals surface area contributed by atoms with Crippen molar-refractivity contribution in [3.63, 3.8) is 0 Å². The van der Waals surface area contributed by atoms with Crippen LogP contribution in [0.4, 0.5) is 5.69 Å². The van der Waals surface area contributed by atoms with Gasteiger partial charge in [0.15, 0.2) is 0 Å². The summed E-state index contributed by atoms with van der Waals surface area (Å²) >= 11 is 6.78. The molecular formula is C12H9ClN4O2S2. The fourth-order valence-electron chi connectivity index (χ4n) is 1.73. The van der Waals surface area contributed by atoms with Crippen LogP contribution in [0.1, 0.15) is 0 Å². The summed E-state index contributed by atoms with van der Waals surface area (Å²) in [5, 5.41) is 4.01. The van der Waals surface area contributed by atoms with Crippen molar-refractivity contribution in [1.82, 2.24) is 14.8 Å². The van der Waals surface area contributed by atoms with Crippen LogP contribution < -0.4 is 4.72 Å². The molecule has 0 aliphatic rings. The topological polar surface area (TPSA) is 76.9 Å². The van der Waals surface area contributed by atoms with Crippen LogP contribution in [0.3, 0.4) is 0 Å². The van der Waals surface area contributed by atoms with E-state index in [1.807, 2.05) is 0 Å². The predicted molar refractivity (Wildman–Crippen MR) is 81.5 cm³/mol. The van der Waals surface area contributed by atoms with Crippen molar-refractivity contribution < 1.29 is 8.42 Å². The second-order valence-corrected chi connectivity index (χ2v) is 7.65. The minimum Gasteiger partial charge on any atom is -0.277 e. The van der Waals surface area contributed by atoms with Gasteiger partial charge in [-0.15, -0.1) is 11.3 Å². The quantitative estimate of drug-likeness (QED) is 0.792. The zero-order chi connectivity index (χ0) is 14.9. The highest BCUT2D eigenvalue weighted by molar-refractivity contribution is 7.94. The summed E-state index contributed by atoms with van der Waals surface area (Å²) in [5.74, 6) is 0. The van der Waals surface area contributed by atoms with Crippen LogP contribution in [0, 0.1) is 0 Å². The molecule has 0 fully saturated rings. The first kappa shape index (κ1) is 14.1. The molecule has 3 aromatic rings. The molecule has 0 radical (unpaired) electrons. The molecule has 0 spiro atoms.